The highest BCUT2D eigenvalue weighted by atomic mass is 16.7. The Morgan fingerprint density at radius 1 is 1.03 bits per heavy atom. The standard InChI is InChI=1S/C23H25NO5/c25-22(16-5-8-18(9-6-16)27-15-19-4-3-13-26-19)24-17-7-10-20-21(14-17)29-23(28-20)11-1-2-12-23/h5-10,14,19H,1-4,11-13,15H2,(H,24,25)/t19-/m0/s1. The lowest BCUT2D eigenvalue weighted by Gasteiger charge is -2.21. The average molecular weight is 395 g/mol. The topological polar surface area (TPSA) is 66.0 Å². The van der Waals surface area contributed by atoms with Gasteiger partial charge in [-0.05, 0) is 62.1 Å². The molecule has 2 heterocycles. The van der Waals surface area contributed by atoms with E-state index >= 15 is 0 Å². The van der Waals surface area contributed by atoms with Crippen LogP contribution in [0.15, 0.2) is 42.5 Å². The van der Waals surface area contributed by atoms with Crippen LogP contribution in [-0.4, -0.2) is 31.0 Å². The molecule has 152 valence electrons. The average Bonchev–Trinajstić information content (AvgIpc) is 3.48. The Morgan fingerprint density at radius 2 is 1.83 bits per heavy atom. The summed E-state index contributed by atoms with van der Waals surface area (Å²) in [6.07, 6.45) is 6.35. The number of hydrogen-bond donors (Lipinski definition) is 1. The number of nitrogens with one attached hydrogen (secondary N) is 1. The van der Waals surface area contributed by atoms with Gasteiger partial charge in [0.25, 0.3) is 11.7 Å². The summed E-state index contributed by atoms with van der Waals surface area (Å²) >= 11 is 0. The summed E-state index contributed by atoms with van der Waals surface area (Å²) in [5, 5.41) is 2.93. The van der Waals surface area contributed by atoms with Crippen molar-refractivity contribution in [2.75, 3.05) is 18.5 Å². The normalized spacial score (nSPS) is 21.4. The van der Waals surface area contributed by atoms with Crippen molar-refractivity contribution in [2.24, 2.45) is 0 Å². The van der Waals surface area contributed by atoms with Crippen molar-refractivity contribution in [3.05, 3.63) is 48.0 Å². The first-order valence-corrected chi connectivity index (χ1v) is 10.4. The number of amides is 1. The fraction of sp³-hybridized carbons (Fsp3) is 0.435. The number of fused-ring (bicyclic) bond motifs is 1. The Bertz CT molecular complexity index is 883. The first-order valence-electron chi connectivity index (χ1n) is 10.4. The number of rotatable bonds is 5. The van der Waals surface area contributed by atoms with E-state index in [1.54, 1.807) is 12.1 Å². The Morgan fingerprint density at radius 3 is 2.59 bits per heavy atom. The first-order chi connectivity index (χ1) is 14.2. The Hall–Kier alpha value is -2.73. The van der Waals surface area contributed by atoms with Gasteiger partial charge >= 0.3 is 0 Å². The van der Waals surface area contributed by atoms with Crippen LogP contribution in [0, 0.1) is 0 Å². The third-order valence-electron chi connectivity index (χ3n) is 5.74. The molecule has 3 aliphatic rings. The van der Waals surface area contributed by atoms with Crippen molar-refractivity contribution in [3.8, 4) is 17.2 Å². The van der Waals surface area contributed by atoms with Gasteiger partial charge in [0.05, 0.1) is 6.10 Å². The Kier molecular flexibility index (Phi) is 4.79. The van der Waals surface area contributed by atoms with Gasteiger partial charge < -0.3 is 24.3 Å². The van der Waals surface area contributed by atoms with Gasteiger partial charge in [-0.1, -0.05) is 0 Å². The third-order valence-corrected chi connectivity index (χ3v) is 5.74. The molecule has 1 saturated heterocycles. The molecule has 1 amide bonds. The van der Waals surface area contributed by atoms with Gasteiger partial charge in [-0.25, -0.2) is 0 Å². The van der Waals surface area contributed by atoms with Gasteiger partial charge in [0.1, 0.15) is 12.4 Å². The first kappa shape index (κ1) is 18.3. The van der Waals surface area contributed by atoms with Gasteiger partial charge in [-0.2, -0.15) is 0 Å². The van der Waals surface area contributed by atoms with Crippen LogP contribution in [0.2, 0.25) is 0 Å². The van der Waals surface area contributed by atoms with Gasteiger partial charge in [0.2, 0.25) is 0 Å². The molecule has 1 saturated carbocycles. The predicted octanol–water partition coefficient (Wildman–Crippen LogP) is 4.54. The van der Waals surface area contributed by atoms with Crippen LogP contribution >= 0.6 is 0 Å². The molecule has 1 spiro atoms. The molecule has 0 bridgehead atoms. The maximum absolute atomic E-state index is 12.6. The van der Waals surface area contributed by atoms with Crippen molar-refractivity contribution < 1.29 is 23.7 Å². The second kappa shape index (κ2) is 7.59. The SMILES string of the molecule is O=C(Nc1ccc2c(c1)OC1(CCCC1)O2)c1ccc(OC[C@@H]2CCCO2)cc1. The van der Waals surface area contributed by atoms with Crippen LogP contribution in [0.5, 0.6) is 17.2 Å². The molecule has 0 aromatic heterocycles. The van der Waals surface area contributed by atoms with Crippen LogP contribution in [-0.2, 0) is 4.74 Å². The van der Waals surface area contributed by atoms with Crippen LogP contribution < -0.4 is 19.5 Å². The zero-order valence-electron chi connectivity index (χ0n) is 16.3. The number of anilines is 1. The van der Waals surface area contributed by atoms with Crippen LogP contribution in [0.1, 0.15) is 48.9 Å². The summed E-state index contributed by atoms with van der Waals surface area (Å²) in [4.78, 5) is 12.6. The number of ether oxygens (including phenoxy) is 4. The van der Waals surface area contributed by atoms with E-state index in [1.165, 1.54) is 0 Å². The number of benzene rings is 2. The molecular weight excluding hydrogens is 370 g/mol. The van der Waals surface area contributed by atoms with Gasteiger partial charge in [-0.15, -0.1) is 0 Å². The molecule has 2 aromatic carbocycles. The molecule has 2 fully saturated rings. The summed E-state index contributed by atoms with van der Waals surface area (Å²) in [6.45, 7) is 1.36. The minimum absolute atomic E-state index is 0.173. The van der Waals surface area contributed by atoms with Crippen molar-refractivity contribution in [1.29, 1.82) is 0 Å². The highest BCUT2D eigenvalue weighted by Crippen LogP contribution is 2.47. The van der Waals surface area contributed by atoms with E-state index in [-0.39, 0.29) is 12.0 Å². The summed E-state index contributed by atoms with van der Waals surface area (Å²) < 4.78 is 23.4. The van der Waals surface area contributed by atoms with Crippen molar-refractivity contribution >= 4 is 11.6 Å². The van der Waals surface area contributed by atoms with Gasteiger partial charge in [0, 0.05) is 36.8 Å². The largest absolute Gasteiger partial charge is 0.491 e. The van der Waals surface area contributed by atoms with E-state index in [4.69, 9.17) is 18.9 Å². The van der Waals surface area contributed by atoms with Crippen LogP contribution in [0.3, 0.4) is 0 Å². The fourth-order valence-electron chi connectivity index (χ4n) is 4.16. The lowest BCUT2D eigenvalue weighted by Crippen LogP contribution is -2.34. The lowest BCUT2D eigenvalue weighted by molar-refractivity contribution is -0.0716. The number of carbonyl (C=O) groups excluding carboxylic acids is 1. The van der Waals surface area contributed by atoms with E-state index in [0.29, 0.717) is 23.6 Å². The Balaban J connectivity index is 1.20. The summed E-state index contributed by atoms with van der Waals surface area (Å²) in [7, 11) is 0. The molecular formula is C23H25NO5. The van der Waals surface area contributed by atoms with E-state index in [2.05, 4.69) is 5.32 Å². The number of hydrogen-bond acceptors (Lipinski definition) is 5. The molecule has 29 heavy (non-hydrogen) atoms. The summed E-state index contributed by atoms with van der Waals surface area (Å²) in [5.41, 5.74) is 1.26. The van der Waals surface area contributed by atoms with Crippen LogP contribution in [0.4, 0.5) is 5.69 Å². The quantitative estimate of drug-likeness (QED) is 0.805. The zero-order valence-corrected chi connectivity index (χ0v) is 16.3. The lowest BCUT2D eigenvalue weighted by atomic mass is 10.2. The summed E-state index contributed by atoms with van der Waals surface area (Å²) in [5.74, 6) is 1.51. The minimum atomic E-state index is -0.496. The van der Waals surface area contributed by atoms with Crippen LogP contribution in [0.25, 0.3) is 0 Å². The molecule has 0 unspecified atom stereocenters. The third kappa shape index (κ3) is 3.90. The molecule has 6 nitrogen and oxygen atoms in total. The molecule has 1 atom stereocenters. The highest BCUT2D eigenvalue weighted by Gasteiger charge is 2.44. The van der Waals surface area contributed by atoms with E-state index < -0.39 is 5.79 Å². The molecule has 2 aromatic rings. The monoisotopic (exact) mass is 395 g/mol. The maximum Gasteiger partial charge on any atom is 0.255 e. The minimum Gasteiger partial charge on any atom is -0.491 e. The zero-order chi connectivity index (χ0) is 19.7. The highest BCUT2D eigenvalue weighted by molar-refractivity contribution is 6.04. The molecule has 0 radical (unpaired) electrons. The van der Waals surface area contributed by atoms with Crippen molar-refractivity contribution in [2.45, 2.75) is 50.4 Å². The fourth-order valence-corrected chi connectivity index (χ4v) is 4.16. The van der Waals surface area contributed by atoms with Crippen molar-refractivity contribution in [3.63, 3.8) is 0 Å². The van der Waals surface area contributed by atoms with E-state index in [9.17, 15) is 4.79 Å². The van der Waals surface area contributed by atoms with Gasteiger partial charge in [0.15, 0.2) is 11.5 Å². The second-order valence-corrected chi connectivity index (χ2v) is 7.91. The molecule has 2 aliphatic heterocycles. The molecule has 5 rings (SSSR count). The molecule has 1 aliphatic carbocycles. The van der Waals surface area contributed by atoms with Gasteiger partial charge in [-0.3, -0.25) is 4.79 Å². The van der Waals surface area contributed by atoms with Crippen molar-refractivity contribution in [1.82, 2.24) is 0 Å². The molecule has 6 heteroatoms. The summed E-state index contributed by atoms with van der Waals surface area (Å²) in [6, 6.07) is 12.7. The second-order valence-electron chi connectivity index (χ2n) is 7.91. The Labute approximate surface area is 170 Å². The van der Waals surface area contributed by atoms with E-state index in [0.717, 1.165) is 56.6 Å². The maximum atomic E-state index is 12.6. The smallest absolute Gasteiger partial charge is 0.255 e. The predicted molar refractivity (Wildman–Crippen MR) is 108 cm³/mol. The van der Waals surface area contributed by atoms with E-state index in [1.807, 2.05) is 30.3 Å². The molecule has 1 N–H and O–H groups in total. The number of carbonyl (C=O) groups is 1.